The van der Waals surface area contributed by atoms with Gasteiger partial charge in [-0.3, -0.25) is 0 Å². The largest absolute Gasteiger partial charge is 0.377 e. The minimum absolute atomic E-state index is 1.19. The van der Waals surface area contributed by atoms with Crippen LogP contribution in [0.2, 0.25) is 0 Å². The fourth-order valence-electron chi connectivity index (χ4n) is 2.32. The van der Waals surface area contributed by atoms with Crippen LogP contribution in [0.15, 0.2) is 36.4 Å². The van der Waals surface area contributed by atoms with E-state index in [0.29, 0.717) is 0 Å². The number of hydrogen-bond donors (Lipinski definition) is 0. The van der Waals surface area contributed by atoms with E-state index in [1.165, 1.54) is 41.3 Å². The minimum atomic E-state index is 1.19. The van der Waals surface area contributed by atoms with E-state index in [1.807, 2.05) is 0 Å². The van der Waals surface area contributed by atoms with Crippen LogP contribution >= 0.6 is 0 Å². The molecule has 0 aliphatic carbocycles. The molecule has 0 bridgehead atoms. The number of unbranched alkanes of at least 4 members (excludes halogenated alkanes) is 1. The van der Waals surface area contributed by atoms with Crippen molar-refractivity contribution >= 4 is 16.5 Å². The Morgan fingerprint density at radius 2 is 1.65 bits per heavy atom. The van der Waals surface area contributed by atoms with Crippen LogP contribution in [-0.2, 0) is 6.42 Å². The van der Waals surface area contributed by atoms with E-state index in [-0.39, 0.29) is 0 Å². The SMILES string of the molecule is CCCCc1ccc(N(C)C)c2ccccc12. The molecule has 0 atom stereocenters. The van der Waals surface area contributed by atoms with Gasteiger partial charge in [-0.05, 0) is 29.9 Å². The van der Waals surface area contributed by atoms with Gasteiger partial charge in [-0.15, -0.1) is 0 Å². The lowest BCUT2D eigenvalue weighted by Crippen LogP contribution is -2.09. The van der Waals surface area contributed by atoms with E-state index in [9.17, 15) is 0 Å². The van der Waals surface area contributed by atoms with Crippen molar-refractivity contribution < 1.29 is 0 Å². The molecule has 0 spiro atoms. The summed E-state index contributed by atoms with van der Waals surface area (Å²) >= 11 is 0. The molecule has 0 N–H and O–H groups in total. The number of rotatable bonds is 4. The van der Waals surface area contributed by atoms with E-state index in [4.69, 9.17) is 0 Å². The summed E-state index contributed by atoms with van der Waals surface area (Å²) in [7, 11) is 4.21. The van der Waals surface area contributed by atoms with Gasteiger partial charge in [-0.25, -0.2) is 0 Å². The van der Waals surface area contributed by atoms with Crippen molar-refractivity contribution in [3.8, 4) is 0 Å². The summed E-state index contributed by atoms with van der Waals surface area (Å²) in [6.45, 7) is 2.25. The van der Waals surface area contributed by atoms with Gasteiger partial charge in [0.15, 0.2) is 0 Å². The van der Waals surface area contributed by atoms with Crippen LogP contribution in [0.4, 0.5) is 5.69 Å². The summed E-state index contributed by atoms with van der Waals surface area (Å²) in [5.41, 5.74) is 2.79. The Morgan fingerprint density at radius 1 is 0.941 bits per heavy atom. The molecule has 0 aromatic heterocycles. The molecule has 0 heterocycles. The molecule has 0 aliphatic rings. The first kappa shape index (κ1) is 12.0. The Balaban J connectivity index is 2.54. The maximum absolute atomic E-state index is 2.29. The molecule has 0 radical (unpaired) electrons. The van der Waals surface area contributed by atoms with Crippen molar-refractivity contribution in [2.24, 2.45) is 0 Å². The standard InChI is InChI=1S/C16H21N/c1-4-5-8-13-11-12-16(17(2)3)15-10-7-6-9-14(13)15/h6-7,9-12H,4-5,8H2,1-3H3. The zero-order chi connectivity index (χ0) is 12.3. The highest BCUT2D eigenvalue weighted by molar-refractivity contribution is 5.96. The quantitative estimate of drug-likeness (QED) is 0.754. The Hall–Kier alpha value is -1.50. The molecule has 0 fully saturated rings. The normalized spacial score (nSPS) is 10.8. The van der Waals surface area contributed by atoms with Crippen LogP contribution in [0.1, 0.15) is 25.3 Å². The van der Waals surface area contributed by atoms with E-state index < -0.39 is 0 Å². The number of hydrogen-bond acceptors (Lipinski definition) is 1. The number of nitrogens with zero attached hydrogens (tertiary/aromatic N) is 1. The average Bonchev–Trinajstić information content (AvgIpc) is 2.35. The molecule has 0 saturated heterocycles. The van der Waals surface area contributed by atoms with Gasteiger partial charge in [-0.2, -0.15) is 0 Å². The topological polar surface area (TPSA) is 3.24 Å². The summed E-state index contributed by atoms with van der Waals surface area (Å²) in [5, 5.41) is 2.78. The van der Waals surface area contributed by atoms with Crippen molar-refractivity contribution in [2.45, 2.75) is 26.2 Å². The lowest BCUT2D eigenvalue weighted by Gasteiger charge is -2.17. The molecule has 0 saturated carbocycles. The van der Waals surface area contributed by atoms with Crippen molar-refractivity contribution in [1.29, 1.82) is 0 Å². The maximum atomic E-state index is 2.29. The molecule has 0 unspecified atom stereocenters. The van der Waals surface area contributed by atoms with Gasteiger partial charge in [-0.1, -0.05) is 43.7 Å². The molecule has 2 aromatic rings. The van der Waals surface area contributed by atoms with Gasteiger partial charge in [0, 0.05) is 25.2 Å². The Morgan fingerprint density at radius 3 is 2.29 bits per heavy atom. The highest BCUT2D eigenvalue weighted by Crippen LogP contribution is 2.29. The summed E-state index contributed by atoms with van der Waals surface area (Å²) in [4.78, 5) is 2.19. The predicted octanol–water partition coefficient (Wildman–Crippen LogP) is 4.25. The van der Waals surface area contributed by atoms with Crippen LogP contribution in [0.25, 0.3) is 10.8 Å². The Bertz CT molecular complexity index is 500. The first-order valence-corrected chi connectivity index (χ1v) is 6.42. The monoisotopic (exact) mass is 227 g/mol. The molecule has 17 heavy (non-hydrogen) atoms. The van der Waals surface area contributed by atoms with Crippen LogP contribution in [-0.4, -0.2) is 14.1 Å². The molecule has 2 aromatic carbocycles. The minimum Gasteiger partial charge on any atom is -0.377 e. The molecule has 0 aliphatic heterocycles. The molecule has 2 rings (SSSR count). The van der Waals surface area contributed by atoms with Gasteiger partial charge >= 0.3 is 0 Å². The molecular weight excluding hydrogens is 206 g/mol. The fourth-order valence-corrected chi connectivity index (χ4v) is 2.32. The smallest absolute Gasteiger partial charge is 0.0440 e. The number of fused-ring (bicyclic) bond motifs is 1. The highest BCUT2D eigenvalue weighted by Gasteiger charge is 2.06. The second-order valence-electron chi connectivity index (χ2n) is 4.79. The van der Waals surface area contributed by atoms with Crippen molar-refractivity contribution in [3.05, 3.63) is 42.0 Å². The molecule has 0 amide bonds. The lowest BCUT2D eigenvalue weighted by atomic mass is 9.99. The summed E-state index contributed by atoms with van der Waals surface area (Å²) in [6, 6.07) is 13.3. The van der Waals surface area contributed by atoms with Crippen LogP contribution in [0, 0.1) is 0 Å². The van der Waals surface area contributed by atoms with Gasteiger partial charge in [0.2, 0.25) is 0 Å². The second-order valence-corrected chi connectivity index (χ2v) is 4.79. The Labute approximate surface area is 104 Å². The predicted molar refractivity (Wildman–Crippen MR) is 76.9 cm³/mol. The highest BCUT2D eigenvalue weighted by atomic mass is 15.1. The van der Waals surface area contributed by atoms with Crippen molar-refractivity contribution in [2.75, 3.05) is 19.0 Å². The maximum Gasteiger partial charge on any atom is 0.0440 e. The average molecular weight is 227 g/mol. The molecular formula is C16H21N. The Kier molecular flexibility index (Phi) is 3.68. The summed E-state index contributed by atoms with van der Waals surface area (Å²) < 4.78 is 0. The number of benzene rings is 2. The van der Waals surface area contributed by atoms with Crippen LogP contribution < -0.4 is 4.90 Å². The summed E-state index contributed by atoms with van der Waals surface area (Å²) in [6.07, 6.45) is 3.71. The van der Waals surface area contributed by atoms with Crippen molar-refractivity contribution in [1.82, 2.24) is 0 Å². The number of anilines is 1. The zero-order valence-electron chi connectivity index (χ0n) is 11.0. The van der Waals surface area contributed by atoms with Gasteiger partial charge in [0.05, 0.1) is 0 Å². The van der Waals surface area contributed by atoms with Crippen LogP contribution in [0.5, 0.6) is 0 Å². The van der Waals surface area contributed by atoms with E-state index in [0.717, 1.165) is 0 Å². The van der Waals surface area contributed by atoms with Gasteiger partial charge in [0.25, 0.3) is 0 Å². The zero-order valence-corrected chi connectivity index (χ0v) is 11.0. The third-order valence-electron chi connectivity index (χ3n) is 3.27. The number of aryl methyl sites for hydroxylation is 1. The van der Waals surface area contributed by atoms with E-state index >= 15 is 0 Å². The molecule has 1 nitrogen and oxygen atoms in total. The first-order valence-electron chi connectivity index (χ1n) is 6.42. The van der Waals surface area contributed by atoms with Gasteiger partial charge < -0.3 is 4.90 Å². The first-order chi connectivity index (χ1) is 8.24. The summed E-state index contributed by atoms with van der Waals surface area (Å²) in [5.74, 6) is 0. The van der Waals surface area contributed by atoms with Crippen LogP contribution in [0.3, 0.4) is 0 Å². The van der Waals surface area contributed by atoms with Gasteiger partial charge in [0.1, 0.15) is 0 Å². The third-order valence-corrected chi connectivity index (χ3v) is 3.27. The van der Waals surface area contributed by atoms with E-state index in [2.05, 4.69) is 62.3 Å². The molecule has 1 heteroatoms. The lowest BCUT2D eigenvalue weighted by molar-refractivity contribution is 0.799. The second kappa shape index (κ2) is 5.22. The fraction of sp³-hybridized carbons (Fsp3) is 0.375. The molecule has 90 valence electrons. The van der Waals surface area contributed by atoms with Crippen molar-refractivity contribution in [3.63, 3.8) is 0 Å². The van der Waals surface area contributed by atoms with E-state index in [1.54, 1.807) is 0 Å². The third kappa shape index (κ3) is 2.44.